The van der Waals surface area contributed by atoms with E-state index >= 15 is 0 Å². The first-order valence-corrected chi connectivity index (χ1v) is 8.03. The van der Waals surface area contributed by atoms with E-state index < -0.39 is 0 Å². The van der Waals surface area contributed by atoms with E-state index in [1.807, 2.05) is 4.68 Å². The first kappa shape index (κ1) is 13.9. The molecule has 4 rings (SSSR count). The van der Waals surface area contributed by atoms with Crippen molar-refractivity contribution in [2.24, 2.45) is 0 Å². The summed E-state index contributed by atoms with van der Waals surface area (Å²) in [5.41, 5.74) is 3.47. The summed E-state index contributed by atoms with van der Waals surface area (Å²) in [5.74, 6) is 2.11. The topological polar surface area (TPSA) is 71.9 Å². The number of fused-ring (bicyclic) bond motifs is 1. The molecule has 0 unspecified atom stereocenters. The lowest BCUT2D eigenvalue weighted by molar-refractivity contribution is 0.193. The molecule has 0 aromatic carbocycles. The van der Waals surface area contributed by atoms with Crippen LogP contribution in [0.4, 0.5) is 0 Å². The number of hydrogen-bond donors (Lipinski definition) is 1. The lowest BCUT2D eigenvalue weighted by atomic mass is 10.1. The van der Waals surface area contributed by atoms with E-state index in [4.69, 9.17) is 14.8 Å². The quantitative estimate of drug-likeness (QED) is 0.922. The third-order valence-corrected chi connectivity index (χ3v) is 4.62. The number of ether oxygens (including phenoxy) is 1. The van der Waals surface area contributed by atoms with Crippen LogP contribution >= 0.6 is 0 Å². The van der Waals surface area contributed by atoms with E-state index in [1.165, 1.54) is 11.3 Å². The molecule has 2 aromatic rings. The zero-order valence-electron chi connectivity index (χ0n) is 13.2. The fraction of sp³-hybridized carbons (Fsp3) is 0.667. The third-order valence-electron chi connectivity index (χ3n) is 4.62. The van der Waals surface area contributed by atoms with Crippen LogP contribution < -0.4 is 0 Å². The van der Waals surface area contributed by atoms with Crippen LogP contribution in [0.5, 0.6) is 0 Å². The van der Waals surface area contributed by atoms with Gasteiger partial charge in [-0.2, -0.15) is 10.2 Å². The molecule has 4 heterocycles. The zero-order chi connectivity index (χ0) is 15.1. The van der Waals surface area contributed by atoms with Gasteiger partial charge in [-0.25, -0.2) is 9.67 Å². The summed E-state index contributed by atoms with van der Waals surface area (Å²) < 4.78 is 7.44. The highest BCUT2D eigenvalue weighted by Gasteiger charge is 2.27. The number of aryl methyl sites for hydroxylation is 1. The average Bonchev–Trinajstić information content (AvgIpc) is 3.24. The van der Waals surface area contributed by atoms with Crippen molar-refractivity contribution in [2.45, 2.75) is 38.8 Å². The Labute approximate surface area is 129 Å². The van der Waals surface area contributed by atoms with Crippen LogP contribution in [0, 0.1) is 0 Å². The van der Waals surface area contributed by atoms with Gasteiger partial charge in [-0.3, -0.25) is 5.10 Å². The second-order valence-electron chi connectivity index (χ2n) is 6.19. The van der Waals surface area contributed by atoms with Crippen molar-refractivity contribution in [3.63, 3.8) is 0 Å². The van der Waals surface area contributed by atoms with Gasteiger partial charge in [0.1, 0.15) is 5.69 Å². The second-order valence-corrected chi connectivity index (χ2v) is 6.19. The van der Waals surface area contributed by atoms with Gasteiger partial charge in [0.25, 0.3) is 0 Å². The first-order valence-electron chi connectivity index (χ1n) is 8.03. The molecule has 0 radical (unpaired) electrons. The minimum absolute atomic E-state index is 0.323. The normalized spacial score (nSPS) is 22.2. The predicted octanol–water partition coefficient (Wildman–Crippen LogP) is 1.18. The predicted molar refractivity (Wildman–Crippen MR) is 81.5 cm³/mol. The van der Waals surface area contributed by atoms with Gasteiger partial charge in [0.15, 0.2) is 11.6 Å². The maximum absolute atomic E-state index is 5.47. The summed E-state index contributed by atoms with van der Waals surface area (Å²) in [7, 11) is 2.14. The van der Waals surface area contributed by atoms with Crippen molar-refractivity contribution in [3.05, 3.63) is 17.1 Å². The van der Waals surface area contributed by atoms with E-state index in [0.29, 0.717) is 5.92 Å². The van der Waals surface area contributed by atoms with Crippen molar-refractivity contribution in [1.29, 1.82) is 0 Å². The minimum atomic E-state index is 0.323. The molecule has 2 aliphatic heterocycles. The molecule has 1 saturated heterocycles. The lowest BCUT2D eigenvalue weighted by Gasteiger charge is -2.22. The Morgan fingerprint density at radius 1 is 1.41 bits per heavy atom. The number of likely N-dealkylation sites (N-methyl/N-ethyl adjacent to an activating group) is 1. The largest absolute Gasteiger partial charge is 0.381 e. The Bertz CT molecular complexity index is 670. The van der Waals surface area contributed by atoms with Gasteiger partial charge >= 0.3 is 0 Å². The van der Waals surface area contributed by atoms with Gasteiger partial charge in [0.2, 0.25) is 0 Å². The van der Waals surface area contributed by atoms with Gasteiger partial charge in [0.05, 0.1) is 6.61 Å². The smallest absolute Gasteiger partial charge is 0.179 e. The number of rotatable bonds is 3. The van der Waals surface area contributed by atoms with Crippen molar-refractivity contribution in [1.82, 2.24) is 29.9 Å². The standard InChI is InChI=1S/C15H22N6O/c1-3-21-15(16-14(19-21)10-5-7-22-9-10)13-11-8-20(2)6-4-12(11)17-18-13/h10H,3-9H2,1-2H3,(H,17,18)/t10-/m1/s1. The van der Waals surface area contributed by atoms with Crippen molar-refractivity contribution in [3.8, 4) is 11.5 Å². The SMILES string of the molecule is CCn1nc([C@@H]2CCOC2)nc1-c1n[nH]c2c1CN(C)CC2. The molecular weight excluding hydrogens is 280 g/mol. The number of H-pyrrole nitrogens is 1. The number of nitrogens with one attached hydrogen (secondary N) is 1. The Hall–Kier alpha value is -1.73. The molecule has 22 heavy (non-hydrogen) atoms. The summed E-state index contributed by atoms with van der Waals surface area (Å²) in [5, 5.41) is 12.4. The number of nitrogens with zero attached hydrogens (tertiary/aromatic N) is 5. The zero-order valence-corrected chi connectivity index (χ0v) is 13.2. The van der Waals surface area contributed by atoms with Gasteiger partial charge < -0.3 is 9.64 Å². The molecule has 2 aromatic heterocycles. The highest BCUT2D eigenvalue weighted by atomic mass is 16.5. The molecule has 1 fully saturated rings. The molecular formula is C15H22N6O. The molecule has 1 N–H and O–H groups in total. The van der Waals surface area contributed by atoms with Gasteiger partial charge in [-0.1, -0.05) is 0 Å². The van der Waals surface area contributed by atoms with Crippen LogP contribution in [0.2, 0.25) is 0 Å². The number of hydrogen-bond acceptors (Lipinski definition) is 5. The number of aromatic amines is 1. The van der Waals surface area contributed by atoms with E-state index in [1.54, 1.807) is 0 Å². The average molecular weight is 302 g/mol. The maximum Gasteiger partial charge on any atom is 0.179 e. The van der Waals surface area contributed by atoms with Crippen LogP contribution in [0.3, 0.4) is 0 Å². The monoisotopic (exact) mass is 302 g/mol. The Kier molecular flexibility index (Phi) is 3.46. The molecule has 2 aliphatic rings. The molecule has 0 saturated carbocycles. The Balaban J connectivity index is 1.74. The summed E-state index contributed by atoms with van der Waals surface area (Å²) >= 11 is 0. The Morgan fingerprint density at radius 2 is 2.32 bits per heavy atom. The molecule has 0 aliphatic carbocycles. The second kappa shape index (κ2) is 5.48. The van der Waals surface area contributed by atoms with Crippen LogP contribution in [0.25, 0.3) is 11.5 Å². The summed E-state index contributed by atoms with van der Waals surface area (Å²) in [6, 6.07) is 0. The summed E-state index contributed by atoms with van der Waals surface area (Å²) in [6.07, 6.45) is 2.02. The van der Waals surface area contributed by atoms with Gasteiger partial charge in [-0.05, 0) is 20.4 Å². The molecule has 7 nitrogen and oxygen atoms in total. The van der Waals surface area contributed by atoms with Gasteiger partial charge in [-0.15, -0.1) is 0 Å². The first-order chi connectivity index (χ1) is 10.8. The van der Waals surface area contributed by atoms with Crippen LogP contribution in [-0.4, -0.2) is 56.7 Å². The summed E-state index contributed by atoms with van der Waals surface area (Å²) in [4.78, 5) is 7.13. The Morgan fingerprint density at radius 3 is 3.09 bits per heavy atom. The fourth-order valence-corrected chi connectivity index (χ4v) is 3.28. The van der Waals surface area contributed by atoms with Crippen LogP contribution in [0.1, 0.15) is 36.3 Å². The fourth-order valence-electron chi connectivity index (χ4n) is 3.28. The maximum atomic E-state index is 5.47. The molecule has 1 atom stereocenters. The molecule has 0 bridgehead atoms. The number of aromatic nitrogens is 5. The molecule has 118 valence electrons. The lowest BCUT2D eigenvalue weighted by Crippen LogP contribution is -2.26. The minimum Gasteiger partial charge on any atom is -0.381 e. The van der Waals surface area contributed by atoms with E-state index in [0.717, 1.165) is 63.0 Å². The van der Waals surface area contributed by atoms with E-state index in [2.05, 4.69) is 29.1 Å². The highest BCUT2D eigenvalue weighted by molar-refractivity contribution is 5.57. The van der Waals surface area contributed by atoms with Gasteiger partial charge in [0, 0.05) is 49.8 Å². The molecule has 0 amide bonds. The van der Waals surface area contributed by atoms with Crippen LogP contribution in [-0.2, 0) is 24.2 Å². The van der Waals surface area contributed by atoms with E-state index in [-0.39, 0.29) is 0 Å². The molecule has 7 heteroatoms. The van der Waals surface area contributed by atoms with Crippen LogP contribution in [0.15, 0.2) is 0 Å². The third kappa shape index (κ3) is 2.24. The van der Waals surface area contributed by atoms with E-state index in [9.17, 15) is 0 Å². The molecule has 0 spiro atoms. The van der Waals surface area contributed by atoms with Crippen molar-refractivity contribution in [2.75, 3.05) is 26.8 Å². The van der Waals surface area contributed by atoms with Crippen molar-refractivity contribution >= 4 is 0 Å². The van der Waals surface area contributed by atoms with Crippen molar-refractivity contribution < 1.29 is 4.74 Å². The highest BCUT2D eigenvalue weighted by Crippen LogP contribution is 2.29. The summed E-state index contributed by atoms with van der Waals surface area (Å²) in [6.45, 7) is 6.42.